The Bertz CT molecular complexity index is 756. The van der Waals surface area contributed by atoms with E-state index in [1.165, 1.54) is 24.2 Å². The van der Waals surface area contributed by atoms with Gasteiger partial charge >= 0.3 is 0 Å². The Hall–Kier alpha value is -1.89. The standard InChI is InChI=1S/C19H25FN4OS/c1-14(2)12-24-18(15-8-4-5-9-16(15)20)21-22-19(24)26-13-17(25)23-10-6-3-7-11-23/h4-5,8-9,14H,3,6-7,10-13H2,1-2H3. The molecule has 0 atom stereocenters. The topological polar surface area (TPSA) is 51.0 Å². The summed E-state index contributed by atoms with van der Waals surface area (Å²) >= 11 is 1.39. The number of piperidine rings is 1. The highest BCUT2D eigenvalue weighted by Crippen LogP contribution is 2.27. The van der Waals surface area contributed by atoms with Gasteiger partial charge in [-0.1, -0.05) is 37.7 Å². The molecule has 0 aliphatic carbocycles. The van der Waals surface area contributed by atoms with E-state index in [0.29, 0.717) is 34.8 Å². The lowest BCUT2D eigenvalue weighted by Gasteiger charge is -2.26. The molecule has 0 saturated carbocycles. The van der Waals surface area contributed by atoms with Crippen LogP contribution in [0.2, 0.25) is 0 Å². The van der Waals surface area contributed by atoms with Gasteiger partial charge in [-0.2, -0.15) is 0 Å². The maximum Gasteiger partial charge on any atom is 0.233 e. The lowest BCUT2D eigenvalue weighted by atomic mass is 10.1. The molecule has 5 nitrogen and oxygen atoms in total. The Labute approximate surface area is 158 Å². The zero-order chi connectivity index (χ0) is 18.5. The summed E-state index contributed by atoms with van der Waals surface area (Å²) in [6.07, 6.45) is 3.36. The van der Waals surface area contributed by atoms with Gasteiger partial charge in [0.05, 0.1) is 11.3 Å². The average Bonchev–Trinajstić information content (AvgIpc) is 3.02. The van der Waals surface area contributed by atoms with Crippen molar-refractivity contribution < 1.29 is 9.18 Å². The molecule has 0 N–H and O–H groups in total. The molecule has 1 amide bonds. The van der Waals surface area contributed by atoms with Crippen LogP contribution in [0.4, 0.5) is 4.39 Å². The van der Waals surface area contributed by atoms with Crippen molar-refractivity contribution in [1.29, 1.82) is 0 Å². The molecule has 2 aromatic rings. The number of carbonyl (C=O) groups is 1. The fourth-order valence-electron chi connectivity index (χ4n) is 3.13. The van der Waals surface area contributed by atoms with Crippen LogP contribution in [0.3, 0.4) is 0 Å². The number of halogens is 1. The second kappa shape index (κ2) is 8.66. The molecule has 140 valence electrons. The number of hydrogen-bond acceptors (Lipinski definition) is 4. The molecule has 1 fully saturated rings. The molecule has 1 aromatic heterocycles. The van der Waals surface area contributed by atoms with Crippen LogP contribution in [0.1, 0.15) is 33.1 Å². The number of rotatable bonds is 6. The minimum Gasteiger partial charge on any atom is -0.342 e. The Morgan fingerprint density at radius 1 is 1.19 bits per heavy atom. The van der Waals surface area contributed by atoms with Crippen molar-refractivity contribution in [2.75, 3.05) is 18.8 Å². The van der Waals surface area contributed by atoms with Crippen molar-refractivity contribution in [3.05, 3.63) is 30.1 Å². The molecule has 1 saturated heterocycles. The van der Waals surface area contributed by atoms with Gasteiger partial charge in [-0.3, -0.25) is 4.79 Å². The van der Waals surface area contributed by atoms with Gasteiger partial charge < -0.3 is 9.47 Å². The fraction of sp³-hybridized carbons (Fsp3) is 0.526. The van der Waals surface area contributed by atoms with E-state index < -0.39 is 0 Å². The summed E-state index contributed by atoms with van der Waals surface area (Å²) in [5, 5.41) is 9.13. The van der Waals surface area contributed by atoms with Gasteiger partial charge in [0.2, 0.25) is 5.91 Å². The number of carbonyl (C=O) groups excluding carboxylic acids is 1. The summed E-state index contributed by atoms with van der Waals surface area (Å²) < 4.78 is 16.1. The maximum absolute atomic E-state index is 14.2. The van der Waals surface area contributed by atoms with Crippen molar-refractivity contribution in [3.63, 3.8) is 0 Å². The second-order valence-corrected chi connectivity index (χ2v) is 7.96. The van der Waals surface area contributed by atoms with Gasteiger partial charge in [-0.05, 0) is 37.3 Å². The zero-order valence-corrected chi connectivity index (χ0v) is 16.1. The van der Waals surface area contributed by atoms with Gasteiger partial charge in [0.15, 0.2) is 11.0 Å². The molecule has 26 heavy (non-hydrogen) atoms. The van der Waals surface area contributed by atoms with Gasteiger partial charge in [0, 0.05) is 19.6 Å². The number of amides is 1. The molecule has 3 rings (SSSR count). The molecule has 2 heterocycles. The van der Waals surface area contributed by atoms with Crippen LogP contribution < -0.4 is 0 Å². The van der Waals surface area contributed by atoms with Crippen molar-refractivity contribution in [1.82, 2.24) is 19.7 Å². The second-order valence-electron chi connectivity index (χ2n) is 7.02. The summed E-state index contributed by atoms with van der Waals surface area (Å²) in [7, 11) is 0. The van der Waals surface area contributed by atoms with Crippen LogP contribution in [-0.4, -0.2) is 44.4 Å². The summed E-state index contributed by atoms with van der Waals surface area (Å²) in [4.78, 5) is 14.4. The first-order valence-electron chi connectivity index (χ1n) is 9.15. The lowest BCUT2D eigenvalue weighted by Crippen LogP contribution is -2.36. The summed E-state index contributed by atoms with van der Waals surface area (Å²) in [5.74, 6) is 1.04. The Morgan fingerprint density at radius 3 is 2.62 bits per heavy atom. The zero-order valence-electron chi connectivity index (χ0n) is 15.3. The van der Waals surface area contributed by atoms with Crippen LogP contribution in [0.25, 0.3) is 11.4 Å². The van der Waals surface area contributed by atoms with E-state index in [-0.39, 0.29) is 11.7 Å². The van der Waals surface area contributed by atoms with Crippen LogP contribution in [-0.2, 0) is 11.3 Å². The minimum absolute atomic E-state index is 0.140. The van der Waals surface area contributed by atoms with E-state index in [9.17, 15) is 9.18 Å². The van der Waals surface area contributed by atoms with Gasteiger partial charge in [0.25, 0.3) is 0 Å². The number of thioether (sulfide) groups is 1. The minimum atomic E-state index is -0.314. The molecule has 1 aliphatic rings. The van der Waals surface area contributed by atoms with Gasteiger partial charge in [-0.15, -0.1) is 10.2 Å². The van der Waals surface area contributed by atoms with Crippen molar-refractivity contribution in [2.45, 2.75) is 44.8 Å². The normalized spacial score (nSPS) is 14.8. The molecule has 1 aliphatic heterocycles. The van der Waals surface area contributed by atoms with Gasteiger partial charge in [0.1, 0.15) is 5.82 Å². The first-order chi connectivity index (χ1) is 12.6. The lowest BCUT2D eigenvalue weighted by molar-refractivity contribution is -0.129. The van der Waals surface area contributed by atoms with E-state index in [0.717, 1.165) is 25.9 Å². The van der Waals surface area contributed by atoms with Crippen LogP contribution in [0.15, 0.2) is 29.4 Å². The Kier molecular flexibility index (Phi) is 6.29. The molecule has 0 bridgehead atoms. The number of likely N-dealkylation sites (tertiary alicyclic amines) is 1. The smallest absolute Gasteiger partial charge is 0.233 e. The van der Waals surface area contributed by atoms with E-state index >= 15 is 0 Å². The fourth-order valence-corrected chi connectivity index (χ4v) is 3.98. The third kappa shape index (κ3) is 4.44. The molecule has 1 aromatic carbocycles. The Morgan fingerprint density at radius 2 is 1.92 bits per heavy atom. The highest BCUT2D eigenvalue weighted by molar-refractivity contribution is 7.99. The number of benzene rings is 1. The van der Waals surface area contributed by atoms with E-state index in [4.69, 9.17) is 0 Å². The quantitative estimate of drug-likeness (QED) is 0.719. The van der Waals surface area contributed by atoms with E-state index in [1.807, 2.05) is 9.47 Å². The molecule has 0 spiro atoms. The largest absolute Gasteiger partial charge is 0.342 e. The number of aromatic nitrogens is 3. The van der Waals surface area contributed by atoms with E-state index in [2.05, 4.69) is 24.0 Å². The van der Waals surface area contributed by atoms with Crippen LogP contribution >= 0.6 is 11.8 Å². The monoisotopic (exact) mass is 376 g/mol. The molecule has 0 unspecified atom stereocenters. The van der Waals surface area contributed by atoms with E-state index in [1.54, 1.807) is 18.2 Å². The van der Waals surface area contributed by atoms with Crippen LogP contribution in [0.5, 0.6) is 0 Å². The summed E-state index contributed by atoms with van der Waals surface area (Å²) in [6.45, 7) is 6.56. The third-order valence-electron chi connectivity index (χ3n) is 4.41. The maximum atomic E-state index is 14.2. The van der Waals surface area contributed by atoms with Crippen molar-refractivity contribution in [2.24, 2.45) is 5.92 Å². The first-order valence-corrected chi connectivity index (χ1v) is 10.1. The average molecular weight is 377 g/mol. The molecule has 0 radical (unpaired) electrons. The Balaban J connectivity index is 1.78. The van der Waals surface area contributed by atoms with Gasteiger partial charge in [-0.25, -0.2) is 4.39 Å². The predicted molar refractivity (Wildman–Crippen MR) is 101 cm³/mol. The highest BCUT2D eigenvalue weighted by Gasteiger charge is 2.21. The van der Waals surface area contributed by atoms with Crippen molar-refractivity contribution >= 4 is 17.7 Å². The SMILES string of the molecule is CC(C)Cn1c(SCC(=O)N2CCCCC2)nnc1-c1ccccc1F. The summed E-state index contributed by atoms with van der Waals surface area (Å²) in [5.41, 5.74) is 0.440. The molecular formula is C19H25FN4OS. The third-order valence-corrected chi connectivity index (χ3v) is 5.36. The highest BCUT2D eigenvalue weighted by atomic mass is 32.2. The first kappa shape index (κ1) is 18.9. The summed E-state index contributed by atoms with van der Waals surface area (Å²) in [6, 6.07) is 6.59. The number of nitrogens with zero attached hydrogens (tertiary/aromatic N) is 4. The van der Waals surface area contributed by atoms with Crippen molar-refractivity contribution in [3.8, 4) is 11.4 Å². The van der Waals surface area contributed by atoms with Crippen LogP contribution in [0, 0.1) is 11.7 Å². The molecule has 7 heteroatoms. The number of hydrogen-bond donors (Lipinski definition) is 0. The predicted octanol–water partition coefficient (Wildman–Crippen LogP) is 3.84. The molecular weight excluding hydrogens is 351 g/mol.